The van der Waals surface area contributed by atoms with Gasteiger partial charge in [0.1, 0.15) is 11.5 Å². The summed E-state index contributed by atoms with van der Waals surface area (Å²) >= 11 is 3.31. The van der Waals surface area contributed by atoms with Crippen molar-refractivity contribution in [3.63, 3.8) is 0 Å². The summed E-state index contributed by atoms with van der Waals surface area (Å²) in [7, 11) is 3.41. The van der Waals surface area contributed by atoms with Gasteiger partial charge in [-0.1, -0.05) is 0 Å². The molecule has 0 fully saturated rings. The molecule has 4 nitrogen and oxygen atoms in total. The van der Waals surface area contributed by atoms with Crippen molar-refractivity contribution in [3.05, 3.63) is 10.2 Å². The first-order valence-corrected chi connectivity index (χ1v) is 3.92. The molecule has 2 N–H and O–H groups in total. The summed E-state index contributed by atoms with van der Waals surface area (Å²) in [6.45, 7) is 0.478. The number of hydrogen-bond donors (Lipinski definition) is 1. The van der Waals surface area contributed by atoms with Crippen LogP contribution in [0, 0.1) is 0 Å². The number of hydrogen-bond acceptors (Lipinski definition) is 3. The predicted octanol–water partition coefficient (Wildman–Crippen LogP) is 0.911. The number of aromatic nitrogens is 2. The predicted molar refractivity (Wildman–Crippen MR) is 46.0 cm³/mol. The van der Waals surface area contributed by atoms with Gasteiger partial charge in [0.2, 0.25) is 0 Å². The Kier molecular flexibility index (Phi) is 2.51. The molecule has 5 heteroatoms. The molecule has 0 aliphatic carbocycles. The SMILES string of the molecule is COCc1nn(C)c(N)c1Br. The van der Waals surface area contributed by atoms with Gasteiger partial charge in [0.05, 0.1) is 11.1 Å². The van der Waals surface area contributed by atoms with Crippen LogP contribution in [-0.2, 0) is 18.4 Å². The Labute approximate surface area is 73.5 Å². The smallest absolute Gasteiger partial charge is 0.136 e. The van der Waals surface area contributed by atoms with Gasteiger partial charge in [0, 0.05) is 14.2 Å². The molecule has 1 heterocycles. The highest BCUT2D eigenvalue weighted by Gasteiger charge is 2.09. The van der Waals surface area contributed by atoms with Crippen molar-refractivity contribution in [2.24, 2.45) is 7.05 Å². The molecule has 0 radical (unpaired) electrons. The fourth-order valence-corrected chi connectivity index (χ4v) is 1.25. The van der Waals surface area contributed by atoms with Crippen LogP contribution >= 0.6 is 15.9 Å². The molecule has 1 rings (SSSR count). The van der Waals surface area contributed by atoms with Gasteiger partial charge in [-0.15, -0.1) is 0 Å². The molecule has 0 unspecified atom stereocenters. The molecule has 0 saturated heterocycles. The summed E-state index contributed by atoms with van der Waals surface area (Å²) < 4.78 is 7.35. The fraction of sp³-hybridized carbons (Fsp3) is 0.500. The van der Waals surface area contributed by atoms with Crippen LogP contribution < -0.4 is 5.73 Å². The zero-order valence-corrected chi connectivity index (χ0v) is 8.05. The highest BCUT2D eigenvalue weighted by molar-refractivity contribution is 9.10. The Morgan fingerprint density at radius 3 is 2.73 bits per heavy atom. The molecule has 1 aromatic heterocycles. The number of anilines is 1. The summed E-state index contributed by atoms with van der Waals surface area (Å²) in [5.74, 6) is 0.622. The van der Waals surface area contributed by atoms with Gasteiger partial charge in [-0.3, -0.25) is 4.68 Å². The zero-order valence-electron chi connectivity index (χ0n) is 6.47. The Morgan fingerprint density at radius 1 is 1.73 bits per heavy atom. The largest absolute Gasteiger partial charge is 0.383 e. The minimum Gasteiger partial charge on any atom is -0.383 e. The van der Waals surface area contributed by atoms with E-state index in [0.29, 0.717) is 12.4 Å². The molecule has 0 aliphatic rings. The second kappa shape index (κ2) is 3.23. The van der Waals surface area contributed by atoms with Crippen LogP contribution in [0.15, 0.2) is 4.47 Å². The highest BCUT2D eigenvalue weighted by atomic mass is 79.9. The first-order chi connectivity index (χ1) is 5.16. The van der Waals surface area contributed by atoms with Crippen LogP contribution in [0.2, 0.25) is 0 Å². The number of aryl methyl sites for hydroxylation is 1. The summed E-state index contributed by atoms with van der Waals surface area (Å²) in [6, 6.07) is 0. The Morgan fingerprint density at radius 2 is 2.36 bits per heavy atom. The van der Waals surface area contributed by atoms with Crippen LogP contribution in [0.5, 0.6) is 0 Å². The van der Waals surface area contributed by atoms with Gasteiger partial charge in [-0.2, -0.15) is 5.10 Å². The average molecular weight is 220 g/mol. The van der Waals surface area contributed by atoms with E-state index < -0.39 is 0 Å². The normalized spacial score (nSPS) is 10.5. The van der Waals surface area contributed by atoms with Gasteiger partial charge in [0.25, 0.3) is 0 Å². The second-order valence-corrected chi connectivity index (χ2v) is 3.00. The lowest BCUT2D eigenvalue weighted by Crippen LogP contribution is -1.97. The number of rotatable bonds is 2. The van der Waals surface area contributed by atoms with Crippen molar-refractivity contribution in [2.75, 3.05) is 12.8 Å². The number of nitrogens with zero attached hydrogens (tertiary/aromatic N) is 2. The van der Waals surface area contributed by atoms with E-state index in [1.165, 1.54) is 0 Å². The maximum Gasteiger partial charge on any atom is 0.136 e. The molecule has 11 heavy (non-hydrogen) atoms. The minimum atomic E-state index is 0.478. The first-order valence-electron chi connectivity index (χ1n) is 3.12. The molecule has 0 spiro atoms. The van der Waals surface area contributed by atoms with Crippen LogP contribution in [-0.4, -0.2) is 16.9 Å². The molecule has 0 amide bonds. The van der Waals surface area contributed by atoms with Crippen LogP contribution in [0.1, 0.15) is 5.69 Å². The lowest BCUT2D eigenvalue weighted by atomic mass is 10.4. The standard InChI is InChI=1S/C6H10BrN3O/c1-10-6(8)5(7)4(9-10)3-11-2/h3,8H2,1-2H3. The number of methoxy groups -OCH3 is 1. The van der Waals surface area contributed by atoms with Crippen molar-refractivity contribution in [3.8, 4) is 0 Å². The lowest BCUT2D eigenvalue weighted by molar-refractivity contribution is 0.180. The van der Waals surface area contributed by atoms with Crippen LogP contribution in [0.4, 0.5) is 5.82 Å². The summed E-state index contributed by atoms with van der Waals surface area (Å²) in [4.78, 5) is 0. The number of ether oxygens (including phenoxy) is 1. The van der Waals surface area contributed by atoms with Crippen molar-refractivity contribution >= 4 is 21.7 Å². The summed E-state index contributed by atoms with van der Waals surface area (Å²) in [6.07, 6.45) is 0. The monoisotopic (exact) mass is 219 g/mol. The summed E-state index contributed by atoms with van der Waals surface area (Å²) in [5, 5.41) is 4.12. The molecule has 0 aliphatic heterocycles. The third-order valence-electron chi connectivity index (χ3n) is 1.38. The fourth-order valence-electron chi connectivity index (χ4n) is 0.798. The van der Waals surface area contributed by atoms with Crippen LogP contribution in [0.25, 0.3) is 0 Å². The molecule has 0 aromatic carbocycles. The molecule has 62 valence electrons. The average Bonchev–Trinajstić information content (AvgIpc) is 2.19. The van der Waals surface area contributed by atoms with E-state index in [1.807, 2.05) is 0 Å². The summed E-state index contributed by atoms with van der Waals surface area (Å²) in [5.41, 5.74) is 6.46. The van der Waals surface area contributed by atoms with Gasteiger partial charge < -0.3 is 10.5 Å². The second-order valence-electron chi connectivity index (χ2n) is 2.20. The highest BCUT2D eigenvalue weighted by Crippen LogP contribution is 2.22. The molecule has 0 saturated carbocycles. The maximum absolute atomic E-state index is 5.63. The van der Waals surface area contributed by atoms with Gasteiger partial charge >= 0.3 is 0 Å². The van der Waals surface area contributed by atoms with E-state index in [1.54, 1.807) is 18.8 Å². The van der Waals surface area contributed by atoms with Gasteiger partial charge in [-0.05, 0) is 15.9 Å². The van der Waals surface area contributed by atoms with Crippen molar-refractivity contribution in [1.82, 2.24) is 9.78 Å². The Balaban J connectivity index is 2.98. The quantitative estimate of drug-likeness (QED) is 0.805. The van der Waals surface area contributed by atoms with Gasteiger partial charge in [-0.25, -0.2) is 0 Å². The van der Waals surface area contributed by atoms with Crippen LogP contribution in [0.3, 0.4) is 0 Å². The van der Waals surface area contributed by atoms with Crippen molar-refractivity contribution in [1.29, 1.82) is 0 Å². The zero-order chi connectivity index (χ0) is 8.43. The van der Waals surface area contributed by atoms with Crippen molar-refractivity contribution in [2.45, 2.75) is 6.61 Å². The van der Waals surface area contributed by atoms with E-state index in [0.717, 1.165) is 10.2 Å². The van der Waals surface area contributed by atoms with E-state index >= 15 is 0 Å². The Bertz CT molecular complexity index is 259. The van der Waals surface area contributed by atoms with E-state index in [-0.39, 0.29) is 0 Å². The lowest BCUT2D eigenvalue weighted by Gasteiger charge is -1.92. The van der Waals surface area contributed by atoms with E-state index in [4.69, 9.17) is 10.5 Å². The third-order valence-corrected chi connectivity index (χ3v) is 2.24. The molecular formula is C6H10BrN3O. The topological polar surface area (TPSA) is 53.1 Å². The molecule has 0 bridgehead atoms. The number of halogens is 1. The van der Waals surface area contributed by atoms with E-state index in [9.17, 15) is 0 Å². The number of nitrogens with two attached hydrogens (primary N) is 1. The molecular weight excluding hydrogens is 210 g/mol. The third kappa shape index (κ3) is 1.54. The number of nitrogen functional groups attached to an aromatic ring is 1. The minimum absolute atomic E-state index is 0.478. The van der Waals surface area contributed by atoms with Crippen molar-refractivity contribution < 1.29 is 4.74 Å². The molecule has 0 atom stereocenters. The maximum atomic E-state index is 5.63. The first kappa shape index (κ1) is 8.55. The van der Waals surface area contributed by atoms with E-state index in [2.05, 4.69) is 21.0 Å². The Hall–Kier alpha value is -0.550. The molecule has 1 aromatic rings. The van der Waals surface area contributed by atoms with Gasteiger partial charge in [0.15, 0.2) is 0 Å².